The van der Waals surface area contributed by atoms with Gasteiger partial charge in [0.05, 0.1) is 5.69 Å². The summed E-state index contributed by atoms with van der Waals surface area (Å²) in [5.41, 5.74) is 1.01. The largest absolute Gasteiger partial charge is 0.506 e. The first kappa shape index (κ1) is 16.9. The molecule has 0 atom stereocenters. The van der Waals surface area contributed by atoms with Crippen LogP contribution < -0.4 is 5.32 Å². The number of cyclic esters (lactones) is 2. The van der Waals surface area contributed by atoms with E-state index in [-0.39, 0.29) is 16.7 Å². The van der Waals surface area contributed by atoms with E-state index in [9.17, 15) is 14.7 Å². The van der Waals surface area contributed by atoms with Crippen molar-refractivity contribution >= 4 is 17.6 Å². The van der Waals surface area contributed by atoms with Crippen molar-refractivity contribution in [3.05, 3.63) is 35.5 Å². The predicted molar refractivity (Wildman–Crippen MR) is 84.8 cm³/mol. The third-order valence-corrected chi connectivity index (χ3v) is 3.35. The van der Waals surface area contributed by atoms with Crippen molar-refractivity contribution in [2.75, 3.05) is 5.32 Å². The molecule has 0 saturated carbocycles. The van der Waals surface area contributed by atoms with E-state index in [1.165, 1.54) is 20.0 Å². The molecule has 1 aromatic carbocycles. The zero-order valence-electron chi connectivity index (χ0n) is 13.9. The molecular weight excluding hydrogens is 298 g/mol. The number of benzene rings is 1. The second-order valence-electron chi connectivity index (χ2n) is 6.86. The van der Waals surface area contributed by atoms with Crippen molar-refractivity contribution in [3.63, 3.8) is 0 Å². The number of anilines is 1. The molecule has 0 radical (unpaired) electrons. The fourth-order valence-electron chi connectivity index (χ4n) is 2.05. The molecule has 0 amide bonds. The lowest BCUT2D eigenvalue weighted by molar-refractivity contribution is -0.222. The summed E-state index contributed by atoms with van der Waals surface area (Å²) in [4.78, 5) is 23.7. The highest BCUT2D eigenvalue weighted by molar-refractivity contribution is 6.15. The molecule has 1 aliphatic heterocycles. The fraction of sp³-hybridized carbons (Fsp3) is 0.412. The summed E-state index contributed by atoms with van der Waals surface area (Å²) >= 11 is 0. The summed E-state index contributed by atoms with van der Waals surface area (Å²) < 4.78 is 10.0. The van der Waals surface area contributed by atoms with Gasteiger partial charge in [0.15, 0.2) is 5.57 Å². The Morgan fingerprint density at radius 2 is 1.70 bits per heavy atom. The highest BCUT2D eigenvalue weighted by atomic mass is 16.7. The number of carbonyl (C=O) groups is 2. The van der Waals surface area contributed by atoms with Crippen LogP contribution in [0.5, 0.6) is 5.75 Å². The third kappa shape index (κ3) is 3.83. The van der Waals surface area contributed by atoms with E-state index in [2.05, 4.69) is 5.32 Å². The first-order valence-electron chi connectivity index (χ1n) is 7.26. The number of phenols is 1. The van der Waals surface area contributed by atoms with Gasteiger partial charge in [0.25, 0.3) is 5.79 Å². The molecule has 2 rings (SSSR count). The van der Waals surface area contributed by atoms with Gasteiger partial charge in [0, 0.05) is 20.0 Å². The second kappa shape index (κ2) is 5.61. The Labute approximate surface area is 135 Å². The first-order chi connectivity index (χ1) is 10.5. The maximum absolute atomic E-state index is 11.9. The predicted octanol–water partition coefficient (Wildman–Crippen LogP) is 2.82. The van der Waals surface area contributed by atoms with Crippen molar-refractivity contribution in [2.24, 2.45) is 0 Å². The molecule has 1 aromatic rings. The summed E-state index contributed by atoms with van der Waals surface area (Å²) in [6.45, 7) is 9.08. The van der Waals surface area contributed by atoms with E-state index in [1.807, 2.05) is 26.8 Å². The van der Waals surface area contributed by atoms with Crippen LogP contribution >= 0.6 is 0 Å². The molecule has 1 aliphatic rings. The van der Waals surface area contributed by atoms with E-state index < -0.39 is 17.7 Å². The van der Waals surface area contributed by atoms with Crippen molar-refractivity contribution in [2.45, 2.75) is 45.8 Å². The molecular formula is C17H21NO5. The van der Waals surface area contributed by atoms with Gasteiger partial charge in [0.2, 0.25) is 0 Å². The summed E-state index contributed by atoms with van der Waals surface area (Å²) in [5, 5.41) is 12.7. The summed E-state index contributed by atoms with van der Waals surface area (Å²) in [6.07, 6.45) is 1.18. The molecule has 0 unspecified atom stereocenters. The Bertz CT molecular complexity index is 661. The number of esters is 2. The van der Waals surface area contributed by atoms with Crippen LogP contribution in [0.25, 0.3) is 0 Å². The van der Waals surface area contributed by atoms with Crippen LogP contribution in [0.3, 0.4) is 0 Å². The Morgan fingerprint density at radius 3 is 2.22 bits per heavy atom. The Morgan fingerprint density at radius 1 is 1.13 bits per heavy atom. The van der Waals surface area contributed by atoms with Crippen LogP contribution in [0.2, 0.25) is 0 Å². The number of hydrogen-bond donors (Lipinski definition) is 2. The van der Waals surface area contributed by atoms with E-state index in [0.717, 1.165) is 5.56 Å². The zero-order chi connectivity index (χ0) is 17.4. The Kier molecular flexibility index (Phi) is 4.11. The number of aromatic hydroxyl groups is 1. The van der Waals surface area contributed by atoms with E-state index >= 15 is 0 Å². The topological polar surface area (TPSA) is 84.9 Å². The van der Waals surface area contributed by atoms with Crippen molar-refractivity contribution in [3.8, 4) is 5.75 Å². The van der Waals surface area contributed by atoms with Gasteiger partial charge in [-0.1, -0.05) is 26.8 Å². The smallest absolute Gasteiger partial charge is 0.350 e. The van der Waals surface area contributed by atoms with Gasteiger partial charge in [-0.05, 0) is 23.1 Å². The monoisotopic (exact) mass is 319 g/mol. The minimum absolute atomic E-state index is 0.00715. The number of rotatable bonds is 2. The molecule has 0 aliphatic carbocycles. The van der Waals surface area contributed by atoms with Crippen LogP contribution in [-0.4, -0.2) is 22.8 Å². The van der Waals surface area contributed by atoms with E-state index in [0.29, 0.717) is 5.69 Å². The summed E-state index contributed by atoms with van der Waals surface area (Å²) in [7, 11) is 0. The van der Waals surface area contributed by atoms with Gasteiger partial charge >= 0.3 is 11.9 Å². The third-order valence-electron chi connectivity index (χ3n) is 3.35. The number of nitrogens with one attached hydrogen (secondary N) is 1. The van der Waals surface area contributed by atoms with Crippen molar-refractivity contribution < 1.29 is 24.2 Å². The van der Waals surface area contributed by atoms with E-state index in [4.69, 9.17) is 9.47 Å². The van der Waals surface area contributed by atoms with Crippen LogP contribution in [0, 0.1) is 0 Å². The van der Waals surface area contributed by atoms with Crippen LogP contribution in [0.1, 0.15) is 40.2 Å². The molecule has 1 heterocycles. The molecule has 0 bridgehead atoms. The summed E-state index contributed by atoms with van der Waals surface area (Å²) in [5.74, 6) is -2.82. The molecule has 6 heteroatoms. The fourth-order valence-corrected chi connectivity index (χ4v) is 2.05. The van der Waals surface area contributed by atoms with Gasteiger partial charge < -0.3 is 19.9 Å². The highest BCUT2D eigenvalue weighted by Gasteiger charge is 2.39. The zero-order valence-corrected chi connectivity index (χ0v) is 13.9. The summed E-state index contributed by atoms with van der Waals surface area (Å²) in [6, 6.07) is 5.14. The minimum Gasteiger partial charge on any atom is -0.506 e. The molecule has 1 fully saturated rings. The highest BCUT2D eigenvalue weighted by Crippen LogP contribution is 2.31. The molecule has 2 N–H and O–H groups in total. The number of hydrogen-bond acceptors (Lipinski definition) is 6. The number of ether oxygens (including phenoxy) is 2. The molecule has 1 saturated heterocycles. The SMILES string of the molecule is CC1(C)OC(=O)C(=CNc2cc(C(C)(C)C)ccc2O)C(=O)O1. The van der Waals surface area contributed by atoms with Crippen LogP contribution in [-0.2, 0) is 24.5 Å². The Balaban J connectivity index is 2.26. The molecule has 0 aromatic heterocycles. The lowest BCUT2D eigenvalue weighted by Crippen LogP contribution is -2.42. The average Bonchev–Trinajstić information content (AvgIpc) is 2.36. The number of carbonyl (C=O) groups excluding carboxylic acids is 2. The van der Waals surface area contributed by atoms with Gasteiger partial charge in [-0.15, -0.1) is 0 Å². The first-order valence-corrected chi connectivity index (χ1v) is 7.26. The molecule has 23 heavy (non-hydrogen) atoms. The minimum atomic E-state index is -1.28. The van der Waals surface area contributed by atoms with Gasteiger partial charge in [0.1, 0.15) is 5.75 Å². The average molecular weight is 319 g/mol. The maximum Gasteiger partial charge on any atom is 0.350 e. The molecule has 6 nitrogen and oxygen atoms in total. The number of phenolic OH excluding ortho intramolecular Hbond substituents is 1. The quantitative estimate of drug-likeness (QED) is 0.377. The van der Waals surface area contributed by atoms with Crippen molar-refractivity contribution in [1.29, 1.82) is 0 Å². The standard InChI is InChI=1S/C17H21NO5/c1-16(2,3)10-6-7-13(19)12(8-10)18-9-11-14(20)22-17(4,5)23-15(11)21/h6-9,18-19H,1-5H3. The van der Waals surface area contributed by atoms with Gasteiger partial charge in [-0.25, -0.2) is 9.59 Å². The van der Waals surface area contributed by atoms with Gasteiger partial charge in [-0.2, -0.15) is 0 Å². The van der Waals surface area contributed by atoms with E-state index in [1.54, 1.807) is 12.1 Å². The van der Waals surface area contributed by atoms with Gasteiger partial charge in [-0.3, -0.25) is 0 Å². The van der Waals surface area contributed by atoms with Crippen LogP contribution in [0.15, 0.2) is 30.0 Å². The molecule has 0 spiro atoms. The lowest BCUT2D eigenvalue weighted by Gasteiger charge is -2.29. The van der Waals surface area contributed by atoms with Crippen LogP contribution in [0.4, 0.5) is 5.69 Å². The normalized spacial score (nSPS) is 17.3. The maximum atomic E-state index is 11.9. The Hall–Kier alpha value is -2.50. The lowest BCUT2D eigenvalue weighted by atomic mass is 9.87. The molecule has 124 valence electrons. The second-order valence-corrected chi connectivity index (χ2v) is 6.86. The van der Waals surface area contributed by atoms with Crippen molar-refractivity contribution in [1.82, 2.24) is 0 Å².